The number of para-hydroxylation sites is 2. The molecule has 6 heteroatoms. The van der Waals surface area contributed by atoms with Crippen molar-refractivity contribution in [3.63, 3.8) is 0 Å². The van der Waals surface area contributed by atoms with Gasteiger partial charge in [-0.25, -0.2) is 9.37 Å². The molecule has 1 aliphatic rings. The van der Waals surface area contributed by atoms with Crippen molar-refractivity contribution < 1.29 is 13.6 Å². The molecule has 1 amide bonds. The number of benzene rings is 2. The molecular weight excluding hydrogens is 369 g/mol. The summed E-state index contributed by atoms with van der Waals surface area (Å²) < 4.78 is 19.6. The van der Waals surface area contributed by atoms with E-state index in [-0.39, 0.29) is 17.5 Å². The highest BCUT2D eigenvalue weighted by Crippen LogP contribution is 2.30. The highest BCUT2D eigenvalue weighted by molar-refractivity contribution is 5.92. The largest absolute Gasteiger partial charge is 0.451 e. The second kappa shape index (κ2) is 7.20. The minimum absolute atomic E-state index is 0.157. The zero-order chi connectivity index (χ0) is 19.8. The van der Waals surface area contributed by atoms with E-state index >= 15 is 0 Å². The van der Waals surface area contributed by atoms with Crippen LogP contribution >= 0.6 is 0 Å². The number of hydrogen-bond acceptors (Lipinski definition) is 3. The first-order valence-corrected chi connectivity index (χ1v) is 9.78. The number of halogens is 1. The lowest BCUT2D eigenvalue weighted by Gasteiger charge is -2.30. The van der Waals surface area contributed by atoms with Gasteiger partial charge in [-0.3, -0.25) is 4.79 Å². The number of nitrogens with one attached hydrogen (secondary N) is 1. The van der Waals surface area contributed by atoms with Crippen LogP contribution in [0.25, 0.3) is 22.4 Å². The maximum absolute atomic E-state index is 14.0. The number of likely N-dealkylation sites (tertiary alicyclic amines) is 1. The number of hydrogen-bond donors (Lipinski definition) is 1. The molecule has 3 heterocycles. The van der Waals surface area contributed by atoms with Gasteiger partial charge in [0.1, 0.15) is 17.4 Å². The van der Waals surface area contributed by atoms with Crippen LogP contribution < -0.4 is 0 Å². The molecule has 29 heavy (non-hydrogen) atoms. The number of fused-ring (bicyclic) bond motifs is 1. The van der Waals surface area contributed by atoms with Gasteiger partial charge in [-0.1, -0.05) is 24.3 Å². The minimum atomic E-state index is -0.368. The summed E-state index contributed by atoms with van der Waals surface area (Å²) in [5, 5.41) is 0. The van der Waals surface area contributed by atoms with E-state index in [1.165, 1.54) is 6.07 Å². The van der Waals surface area contributed by atoms with Gasteiger partial charge in [-0.2, -0.15) is 0 Å². The molecule has 5 nitrogen and oxygen atoms in total. The van der Waals surface area contributed by atoms with Crippen molar-refractivity contribution in [2.24, 2.45) is 0 Å². The predicted molar refractivity (Wildman–Crippen MR) is 108 cm³/mol. The lowest BCUT2D eigenvalue weighted by molar-refractivity contribution is 0.0680. The van der Waals surface area contributed by atoms with Crippen molar-refractivity contribution in [2.45, 2.75) is 18.8 Å². The predicted octanol–water partition coefficient (Wildman–Crippen LogP) is 4.98. The Kier molecular flexibility index (Phi) is 4.39. The van der Waals surface area contributed by atoms with Crippen molar-refractivity contribution in [3.05, 3.63) is 78.1 Å². The van der Waals surface area contributed by atoms with E-state index < -0.39 is 0 Å². The summed E-state index contributed by atoms with van der Waals surface area (Å²) in [5.41, 5.74) is 2.37. The third-order valence-electron chi connectivity index (χ3n) is 5.53. The molecule has 5 rings (SSSR count). The lowest BCUT2D eigenvalue weighted by Crippen LogP contribution is -2.37. The monoisotopic (exact) mass is 389 g/mol. The molecule has 0 unspecified atom stereocenters. The first-order chi connectivity index (χ1) is 14.2. The van der Waals surface area contributed by atoms with E-state index in [4.69, 9.17) is 9.40 Å². The van der Waals surface area contributed by atoms with Crippen molar-refractivity contribution >= 4 is 16.9 Å². The molecule has 2 aromatic carbocycles. The highest BCUT2D eigenvalue weighted by Gasteiger charge is 2.28. The number of imidazole rings is 1. The van der Waals surface area contributed by atoms with Crippen LogP contribution in [-0.2, 0) is 0 Å². The Morgan fingerprint density at radius 3 is 2.59 bits per heavy atom. The minimum Gasteiger partial charge on any atom is -0.451 e. The molecule has 1 fully saturated rings. The second-order valence-electron chi connectivity index (χ2n) is 7.35. The van der Waals surface area contributed by atoms with Crippen molar-refractivity contribution in [1.29, 1.82) is 0 Å². The van der Waals surface area contributed by atoms with E-state index in [9.17, 15) is 9.18 Å². The Labute approximate surface area is 167 Å². The fraction of sp³-hybridized carbons (Fsp3) is 0.217. The number of H-pyrrole nitrogens is 1. The molecule has 1 saturated heterocycles. The molecule has 1 aliphatic heterocycles. The number of aromatic amines is 1. The Morgan fingerprint density at radius 1 is 1.03 bits per heavy atom. The summed E-state index contributed by atoms with van der Waals surface area (Å²) in [6.45, 7) is 1.27. The normalized spacial score (nSPS) is 15.1. The zero-order valence-electron chi connectivity index (χ0n) is 15.8. The Balaban J connectivity index is 1.27. The SMILES string of the molecule is O=C(c1ccc(-c2ccccc2F)o1)N1CCC(c2nc3ccccc3[nH]2)CC1. The molecule has 0 radical (unpaired) electrons. The van der Waals surface area contributed by atoms with E-state index in [1.54, 1.807) is 35.2 Å². The van der Waals surface area contributed by atoms with Crippen LogP contribution in [0.1, 0.15) is 35.1 Å². The second-order valence-corrected chi connectivity index (χ2v) is 7.35. The topological polar surface area (TPSA) is 62.1 Å². The van der Waals surface area contributed by atoms with Gasteiger partial charge in [0.2, 0.25) is 0 Å². The van der Waals surface area contributed by atoms with Gasteiger partial charge in [-0.05, 0) is 49.2 Å². The van der Waals surface area contributed by atoms with Gasteiger partial charge < -0.3 is 14.3 Å². The number of furan rings is 1. The van der Waals surface area contributed by atoms with E-state index in [0.29, 0.717) is 30.3 Å². The molecular formula is C23H20FN3O2. The van der Waals surface area contributed by atoms with Gasteiger partial charge in [0.05, 0.1) is 16.6 Å². The van der Waals surface area contributed by atoms with Gasteiger partial charge in [-0.15, -0.1) is 0 Å². The van der Waals surface area contributed by atoms with Crippen LogP contribution in [0.5, 0.6) is 0 Å². The Morgan fingerprint density at radius 2 is 1.79 bits per heavy atom. The van der Waals surface area contributed by atoms with Crippen molar-refractivity contribution in [2.75, 3.05) is 13.1 Å². The van der Waals surface area contributed by atoms with Gasteiger partial charge in [0.25, 0.3) is 5.91 Å². The summed E-state index contributed by atoms with van der Waals surface area (Å²) in [7, 11) is 0. The van der Waals surface area contributed by atoms with Crippen LogP contribution in [0.4, 0.5) is 4.39 Å². The van der Waals surface area contributed by atoms with Crippen LogP contribution in [-0.4, -0.2) is 33.9 Å². The fourth-order valence-corrected chi connectivity index (χ4v) is 3.94. The van der Waals surface area contributed by atoms with Crippen LogP contribution in [0.2, 0.25) is 0 Å². The summed E-state index contributed by atoms with van der Waals surface area (Å²) >= 11 is 0. The number of amides is 1. The Bertz CT molecular complexity index is 1140. The third kappa shape index (κ3) is 3.31. The third-order valence-corrected chi connectivity index (χ3v) is 5.53. The number of piperidine rings is 1. The molecule has 1 N–H and O–H groups in total. The van der Waals surface area contributed by atoms with Crippen LogP contribution in [0.3, 0.4) is 0 Å². The molecule has 146 valence electrons. The molecule has 2 aromatic heterocycles. The summed E-state index contributed by atoms with van der Waals surface area (Å²) in [6.07, 6.45) is 1.68. The van der Waals surface area contributed by atoms with Gasteiger partial charge >= 0.3 is 0 Å². The van der Waals surface area contributed by atoms with Gasteiger partial charge in [0, 0.05) is 19.0 Å². The molecule has 0 atom stereocenters. The lowest BCUT2D eigenvalue weighted by atomic mass is 9.96. The molecule has 0 saturated carbocycles. The van der Waals surface area contributed by atoms with Crippen LogP contribution in [0, 0.1) is 5.82 Å². The van der Waals surface area contributed by atoms with Gasteiger partial charge in [0.15, 0.2) is 5.76 Å². The quantitative estimate of drug-likeness (QED) is 0.537. The molecule has 0 bridgehead atoms. The summed E-state index contributed by atoms with van der Waals surface area (Å²) in [6, 6.07) is 17.6. The number of carbonyl (C=O) groups is 1. The molecule has 4 aromatic rings. The number of aromatic nitrogens is 2. The van der Waals surface area contributed by atoms with Crippen LogP contribution in [0.15, 0.2) is 65.1 Å². The maximum Gasteiger partial charge on any atom is 0.289 e. The maximum atomic E-state index is 14.0. The van der Waals surface area contributed by atoms with E-state index in [0.717, 1.165) is 29.7 Å². The smallest absolute Gasteiger partial charge is 0.289 e. The number of rotatable bonds is 3. The van der Waals surface area contributed by atoms with Crippen molar-refractivity contribution in [1.82, 2.24) is 14.9 Å². The zero-order valence-corrected chi connectivity index (χ0v) is 15.8. The molecule has 0 aliphatic carbocycles. The first-order valence-electron chi connectivity index (χ1n) is 9.78. The highest BCUT2D eigenvalue weighted by atomic mass is 19.1. The summed E-state index contributed by atoms with van der Waals surface area (Å²) in [4.78, 5) is 22.7. The Hall–Kier alpha value is -3.41. The van der Waals surface area contributed by atoms with E-state index in [1.807, 2.05) is 24.3 Å². The standard InChI is InChI=1S/C23H20FN3O2/c24-17-6-2-1-5-16(17)20-9-10-21(29-20)23(28)27-13-11-15(12-14-27)22-25-18-7-3-4-8-19(18)26-22/h1-10,15H,11-14H2,(H,25,26). The number of carbonyl (C=O) groups excluding carboxylic acids is 1. The molecule has 0 spiro atoms. The average Bonchev–Trinajstić information content (AvgIpc) is 3.41. The fourth-order valence-electron chi connectivity index (χ4n) is 3.94. The number of nitrogens with zero attached hydrogens (tertiary/aromatic N) is 2. The summed E-state index contributed by atoms with van der Waals surface area (Å²) in [5.74, 6) is 1.37. The van der Waals surface area contributed by atoms with Crippen molar-refractivity contribution in [3.8, 4) is 11.3 Å². The first kappa shape index (κ1) is 17.7. The average molecular weight is 389 g/mol. The van der Waals surface area contributed by atoms with E-state index in [2.05, 4.69) is 4.98 Å².